The molecule has 0 N–H and O–H groups in total. The molecule has 11 heavy (non-hydrogen) atoms. The molecule has 0 atom stereocenters. The molecule has 0 aromatic rings. The summed E-state index contributed by atoms with van der Waals surface area (Å²) >= 11 is 6.63. The second-order valence-electron chi connectivity index (χ2n) is 2.23. The van der Waals surface area contributed by atoms with E-state index >= 15 is 0 Å². The van der Waals surface area contributed by atoms with E-state index in [1.54, 1.807) is 11.8 Å². The van der Waals surface area contributed by atoms with Gasteiger partial charge in [-0.15, -0.1) is 0 Å². The lowest BCUT2D eigenvalue weighted by Crippen LogP contribution is -2.21. The quantitative estimate of drug-likeness (QED) is 0.377. The number of nitrogens with zero attached hydrogens (tertiary/aromatic N) is 2. The van der Waals surface area contributed by atoms with Crippen LogP contribution in [0.1, 0.15) is 20.8 Å². The van der Waals surface area contributed by atoms with E-state index in [2.05, 4.69) is 5.10 Å². The van der Waals surface area contributed by atoms with Crippen LogP contribution in [0.15, 0.2) is 5.10 Å². The molecule has 0 fully saturated rings. The van der Waals surface area contributed by atoms with E-state index in [0.29, 0.717) is 0 Å². The van der Waals surface area contributed by atoms with Gasteiger partial charge < -0.3 is 0 Å². The van der Waals surface area contributed by atoms with Gasteiger partial charge in [0.15, 0.2) is 4.32 Å². The van der Waals surface area contributed by atoms with E-state index in [1.165, 1.54) is 0 Å². The Balaban J connectivity index is 4.17. The summed E-state index contributed by atoms with van der Waals surface area (Å²) in [5.41, 5.74) is 1.03. The average Bonchev–Trinajstić information content (AvgIpc) is 1.98. The Labute approximate surface area is 78.0 Å². The van der Waals surface area contributed by atoms with E-state index in [9.17, 15) is 0 Å². The third-order valence-corrected chi connectivity index (χ3v) is 2.28. The lowest BCUT2D eigenvalue weighted by atomic mass is 10.5. The maximum Gasteiger partial charge on any atom is 0.156 e. The minimum atomic E-state index is 0.828. The predicted molar refractivity (Wildman–Crippen MR) is 57.3 cm³/mol. The Hall–Kier alpha value is -0.0900. The maximum atomic E-state index is 5.08. The number of hydrogen-bond acceptors (Lipinski definition) is 3. The first-order valence-corrected chi connectivity index (χ1v) is 5.12. The summed E-state index contributed by atoms with van der Waals surface area (Å²) in [5.74, 6) is 0. The summed E-state index contributed by atoms with van der Waals surface area (Å²) in [7, 11) is 0. The molecule has 0 rings (SSSR count). The summed E-state index contributed by atoms with van der Waals surface area (Å²) in [6.07, 6.45) is 1.96. The van der Waals surface area contributed by atoms with Gasteiger partial charge in [-0.2, -0.15) is 5.10 Å². The molecule has 0 aromatic carbocycles. The molecule has 0 aliphatic heterocycles. The van der Waals surface area contributed by atoms with Crippen molar-refractivity contribution in [2.45, 2.75) is 20.8 Å². The van der Waals surface area contributed by atoms with Gasteiger partial charge in [0, 0.05) is 12.3 Å². The fraction of sp³-hybridized carbons (Fsp3) is 0.714. The van der Waals surface area contributed by atoms with Crippen LogP contribution < -0.4 is 0 Å². The van der Waals surface area contributed by atoms with Crippen LogP contribution in [-0.4, -0.2) is 27.8 Å². The molecule has 0 unspecified atom stereocenters. The van der Waals surface area contributed by atoms with Gasteiger partial charge in [-0.1, -0.05) is 24.0 Å². The zero-order valence-corrected chi connectivity index (χ0v) is 9.05. The molecule has 0 saturated heterocycles. The van der Waals surface area contributed by atoms with Gasteiger partial charge in [-0.25, -0.2) is 5.01 Å². The van der Waals surface area contributed by atoms with Gasteiger partial charge in [-0.05, 0) is 27.0 Å². The van der Waals surface area contributed by atoms with Gasteiger partial charge in [0.2, 0.25) is 0 Å². The summed E-state index contributed by atoms with van der Waals surface area (Å²) < 4.78 is 0.828. The molecule has 64 valence electrons. The van der Waals surface area contributed by atoms with Gasteiger partial charge in [0.1, 0.15) is 0 Å². The highest BCUT2D eigenvalue weighted by molar-refractivity contribution is 8.22. The van der Waals surface area contributed by atoms with Crippen LogP contribution in [0.2, 0.25) is 0 Å². The Morgan fingerprint density at radius 1 is 1.55 bits per heavy atom. The third-order valence-electron chi connectivity index (χ3n) is 1.01. The number of rotatable bonds is 2. The minimum absolute atomic E-state index is 0.828. The minimum Gasteiger partial charge on any atom is -0.249 e. The predicted octanol–water partition coefficient (Wildman–Crippen LogP) is 2.35. The van der Waals surface area contributed by atoms with Crippen LogP contribution in [0.5, 0.6) is 0 Å². The van der Waals surface area contributed by atoms with Crippen LogP contribution in [0.3, 0.4) is 0 Å². The van der Waals surface area contributed by atoms with Gasteiger partial charge in [0.25, 0.3) is 0 Å². The molecule has 0 aliphatic carbocycles. The first kappa shape index (κ1) is 10.9. The van der Waals surface area contributed by atoms with Crippen molar-refractivity contribution in [1.82, 2.24) is 5.01 Å². The van der Waals surface area contributed by atoms with Gasteiger partial charge in [0.05, 0.1) is 0 Å². The molecule has 0 amide bonds. The highest BCUT2D eigenvalue weighted by Crippen LogP contribution is 2.05. The molecule has 4 heteroatoms. The summed E-state index contributed by atoms with van der Waals surface area (Å²) in [6, 6.07) is 0. The molecule has 0 aliphatic rings. The van der Waals surface area contributed by atoms with Crippen molar-refractivity contribution in [2.24, 2.45) is 5.10 Å². The maximum absolute atomic E-state index is 5.08. The lowest BCUT2D eigenvalue weighted by Gasteiger charge is -2.16. The van der Waals surface area contributed by atoms with Crippen molar-refractivity contribution in [2.75, 3.05) is 12.8 Å². The topological polar surface area (TPSA) is 15.6 Å². The highest BCUT2D eigenvalue weighted by Gasteiger charge is 2.02. The number of thiocarbonyl (C=S) groups is 1. The fourth-order valence-electron chi connectivity index (χ4n) is 0.587. The molecular weight excluding hydrogens is 176 g/mol. The van der Waals surface area contributed by atoms with Crippen molar-refractivity contribution in [1.29, 1.82) is 0 Å². The van der Waals surface area contributed by atoms with E-state index in [-0.39, 0.29) is 0 Å². The zero-order valence-electron chi connectivity index (χ0n) is 7.42. The van der Waals surface area contributed by atoms with E-state index in [4.69, 9.17) is 12.2 Å². The molecular formula is C7H14N2S2. The van der Waals surface area contributed by atoms with Crippen molar-refractivity contribution in [3.05, 3.63) is 0 Å². The molecule has 0 radical (unpaired) electrons. The number of hydrogen-bond donors (Lipinski definition) is 0. The third kappa shape index (κ3) is 4.37. The Bertz CT molecular complexity index is 162. The summed E-state index contributed by atoms with van der Waals surface area (Å²) in [4.78, 5) is 0. The normalized spacial score (nSPS) is 9.09. The molecule has 0 spiro atoms. The summed E-state index contributed by atoms with van der Waals surface area (Å²) in [5, 5.41) is 6.08. The molecule has 0 aromatic heterocycles. The van der Waals surface area contributed by atoms with Crippen LogP contribution in [-0.2, 0) is 0 Å². The van der Waals surface area contributed by atoms with Crippen LogP contribution >= 0.6 is 24.0 Å². The van der Waals surface area contributed by atoms with Gasteiger partial charge >= 0.3 is 0 Å². The van der Waals surface area contributed by atoms with Crippen molar-refractivity contribution >= 4 is 34.0 Å². The largest absolute Gasteiger partial charge is 0.249 e. The van der Waals surface area contributed by atoms with E-state index < -0.39 is 0 Å². The van der Waals surface area contributed by atoms with Crippen LogP contribution in [0.25, 0.3) is 0 Å². The smallest absolute Gasteiger partial charge is 0.156 e. The molecule has 0 bridgehead atoms. The SMILES string of the molecule is CCN(N=C(C)C)C(=S)SC. The van der Waals surface area contributed by atoms with Crippen LogP contribution in [0, 0.1) is 0 Å². The van der Waals surface area contributed by atoms with Crippen molar-refractivity contribution < 1.29 is 0 Å². The highest BCUT2D eigenvalue weighted by atomic mass is 32.2. The van der Waals surface area contributed by atoms with E-state index in [0.717, 1.165) is 16.6 Å². The lowest BCUT2D eigenvalue weighted by molar-refractivity contribution is 0.487. The second-order valence-corrected chi connectivity index (χ2v) is 3.67. The van der Waals surface area contributed by atoms with E-state index in [1.807, 2.05) is 32.0 Å². The number of thioether (sulfide) groups is 1. The number of hydrazone groups is 1. The summed E-state index contributed by atoms with van der Waals surface area (Å²) in [6.45, 7) is 6.80. The first-order chi connectivity index (χ1) is 5.11. The zero-order chi connectivity index (χ0) is 8.85. The standard InChI is InChI=1S/C7H14N2S2/c1-5-9(7(10)11-4)8-6(2)3/h5H2,1-4H3. The van der Waals surface area contributed by atoms with Crippen molar-refractivity contribution in [3.8, 4) is 0 Å². The molecule has 2 nitrogen and oxygen atoms in total. The van der Waals surface area contributed by atoms with Gasteiger partial charge in [-0.3, -0.25) is 0 Å². The Morgan fingerprint density at radius 2 is 2.09 bits per heavy atom. The molecule has 0 saturated carbocycles. The Morgan fingerprint density at radius 3 is 2.36 bits per heavy atom. The average molecular weight is 190 g/mol. The molecule has 0 heterocycles. The van der Waals surface area contributed by atoms with Crippen molar-refractivity contribution in [3.63, 3.8) is 0 Å². The Kier molecular flexibility index (Phi) is 5.50. The first-order valence-electron chi connectivity index (χ1n) is 3.49. The fourth-order valence-corrected chi connectivity index (χ4v) is 1.14. The second kappa shape index (κ2) is 5.55. The van der Waals surface area contributed by atoms with Crippen LogP contribution in [0.4, 0.5) is 0 Å². The monoisotopic (exact) mass is 190 g/mol.